The lowest BCUT2D eigenvalue weighted by Gasteiger charge is -2.34. The van der Waals surface area contributed by atoms with Gasteiger partial charge >= 0.3 is 12.3 Å². The summed E-state index contributed by atoms with van der Waals surface area (Å²) in [4.78, 5) is 22.4. The second-order valence-electron chi connectivity index (χ2n) is 5.28. The van der Waals surface area contributed by atoms with E-state index in [1.807, 2.05) is 5.32 Å². The predicted octanol–water partition coefficient (Wildman–Crippen LogP) is 1.36. The van der Waals surface area contributed by atoms with Gasteiger partial charge < -0.3 is 20.5 Å². The first-order valence-corrected chi connectivity index (χ1v) is 5.75. The Morgan fingerprint density at radius 3 is 2.05 bits per heavy atom. The molecule has 118 valence electrons. The fourth-order valence-corrected chi connectivity index (χ4v) is 1.70. The molecule has 0 saturated carbocycles. The summed E-state index contributed by atoms with van der Waals surface area (Å²) in [5, 5.41) is 12.2. The van der Waals surface area contributed by atoms with Crippen LogP contribution in [-0.4, -0.2) is 49.1 Å². The van der Waals surface area contributed by atoms with Crippen LogP contribution in [0.15, 0.2) is 0 Å². The molecule has 0 heterocycles. The van der Waals surface area contributed by atoms with Crippen LogP contribution in [0, 0.1) is 5.41 Å². The maximum absolute atomic E-state index is 12.1. The van der Waals surface area contributed by atoms with E-state index < -0.39 is 42.3 Å². The van der Waals surface area contributed by atoms with Crippen LogP contribution < -0.4 is 10.6 Å². The van der Waals surface area contributed by atoms with Crippen molar-refractivity contribution in [3.05, 3.63) is 0 Å². The Balaban J connectivity index is 5.04. The molecule has 0 aliphatic heterocycles. The number of amides is 2. The van der Waals surface area contributed by atoms with E-state index in [0.717, 1.165) is 0 Å². The summed E-state index contributed by atoms with van der Waals surface area (Å²) in [5.74, 6) is -1.09. The van der Waals surface area contributed by atoms with E-state index in [-0.39, 0.29) is 0 Å². The molecule has 3 N–H and O–H groups in total. The fraction of sp³-hybridized carbons (Fsp3) is 0.818. The normalized spacial score (nSPS) is 15.3. The number of alkyl halides is 3. The maximum Gasteiger partial charge on any atom is 0.405 e. The van der Waals surface area contributed by atoms with Crippen molar-refractivity contribution in [1.29, 1.82) is 0 Å². The summed E-state index contributed by atoms with van der Waals surface area (Å²) in [7, 11) is 1.25. The molecule has 0 radical (unpaired) electrons. The largest absolute Gasteiger partial charge is 0.465 e. The lowest BCUT2D eigenvalue weighted by molar-refractivity contribution is -0.143. The summed E-state index contributed by atoms with van der Waals surface area (Å²) >= 11 is 0. The van der Waals surface area contributed by atoms with Gasteiger partial charge in [-0.2, -0.15) is 13.2 Å². The molecule has 0 rings (SSSR count). The zero-order chi connectivity index (χ0) is 16.1. The Kier molecular flexibility index (Phi) is 6.27. The Bertz CT molecular complexity index is 353. The van der Waals surface area contributed by atoms with Gasteiger partial charge in [0, 0.05) is 7.11 Å². The number of hydrogen-bond donors (Lipinski definition) is 3. The Morgan fingerprint density at radius 2 is 1.75 bits per heavy atom. The molecule has 9 heteroatoms. The summed E-state index contributed by atoms with van der Waals surface area (Å²) in [5.41, 5.74) is -0.655. The van der Waals surface area contributed by atoms with Gasteiger partial charge in [0.15, 0.2) is 0 Å². The quantitative estimate of drug-likeness (QED) is 0.715. The van der Waals surface area contributed by atoms with Crippen LogP contribution in [-0.2, 0) is 9.53 Å². The smallest absolute Gasteiger partial charge is 0.405 e. The monoisotopic (exact) mass is 300 g/mol. The van der Waals surface area contributed by atoms with E-state index in [2.05, 4.69) is 0 Å². The minimum absolute atomic E-state index is 0.655. The van der Waals surface area contributed by atoms with E-state index in [9.17, 15) is 22.8 Å². The van der Waals surface area contributed by atoms with Gasteiger partial charge in [0.05, 0.1) is 6.10 Å². The van der Waals surface area contributed by atoms with Gasteiger partial charge in [-0.05, 0) is 5.41 Å². The first kappa shape index (κ1) is 18.5. The first-order valence-electron chi connectivity index (χ1n) is 5.75. The molecular weight excluding hydrogens is 281 g/mol. The molecular formula is C11H19F3N2O4. The van der Waals surface area contributed by atoms with Crippen LogP contribution in [0.5, 0.6) is 0 Å². The second kappa shape index (κ2) is 6.78. The van der Waals surface area contributed by atoms with Crippen molar-refractivity contribution in [3.8, 4) is 0 Å². The van der Waals surface area contributed by atoms with Crippen molar-refractivity contribution in [3.63, 3.8) is 0 Å². The number of nitrogens with one attached hydrogen (secondary N) is 2. The molecule has 0 spiro atoms. The topological polar surface area (TPSA) is 87.7 Å². The van der Waals surface area contributed by atoms with E-state index in [1.165, 1.54) is 7.11 Å². The van der Waals surface area contributed by atoms with Crippen LogP contribution in [0.1, 0.15) is 20.8 Å². The van der Waals surface area contributed by atoms with Gasteiger partial charge in [0.25, 0.3) is 0 Å². The number of hydrogen-bond acceptors (Lipinski definition) is 3. The zero-order valence-electron chi connectivity index (χ0n) is 11.7. The Hall–Kier alpha value is -1.51. The predicted molar refractivity (Wildman–Crippen MR) is 64.3 cm³/mol. The van der Waals surface area contributed by atoms with Crippen molar-refractivity contribution >= 4 is 12.0 Å². The van der Waals surface area contributed by atoms with Crippen LogP contribution in [0.25, 0.3) is 0 Å². The highest BCUT2D eigenvalue weighted by atomic mass is 19.4. The highest BCUT2D eigenvalue weighted by molar-refractivity contribution is 5.86. The average molecular weight is 300 g/mol. The first-order chi connectivity index (χ1) is 8.88. The summed E-state index contributed by atoms with van der Waals surface area (Å²) in [6, 6.07) is -1.44. The van der Waals surface area contributed by atoms with E-state index in [1.54, 1.807) is 26.1 Å². The average Bonchev–Trinajstić information content (AvgIpc) is 2.22. The molecule has 0 aromatic carbocycles. The maximum atomic E-state index is 12.1. The number of halogens is 3. The number of methoxy groups -OCH3 is 1. The minimum atomic E-state index is -4.58. The van der Waals surface area contributed by atoms with Crippen LogP contribution >= 0.6 is 0 Å². The second-order valence-corrected chi connectivity index (χ2v) is 5.28. The molecule has 0 aromatic heterocycles. The van der Waals surface area contributed by atoms with Crippen LogP contribution in [0.2, 0.25) is 0 Å². The molecule has 2 amide bonds. The van der Waals surface area contributed by atoms with Gasteiger partial charge in [-0.25, -0.2) is 4.79 Å². The van der Waals surface area contributed by atoms with Crippen molar-refractivity contribution in [2.24, 2.45) is 5.41 Å². The zero-order valence-corrected chi connectivity index (χ0v) is 11.7. The van der Waals surface area contributed by atoms with Crippen molar-refractivity contribution in [1.82, 2.24) is 10.6 Å². The highest BCUT2D eigenvalue weighted by Crippen LogP contribution is 2.25. The summed E-state index contributed by atoms with van der Waals surface area (Å²) in [6.45, 7) is 3.49. The number of ether oxygens (including phenoxy) is 1. The summed E-state index contributed by atoms with van der Waals surface area (Å²) < 4.78 is 41.3. The SMILES string of the molecule is CO[C@@H](C(NC(=O)O)C(=O)NCC(F)(F)F)C(C)(C)C. The minimum Gasteiger partial charge on any atom is -0.465 e. The molecule has 0 fully saturated rings. The van der Waals surface area contributed by atoms with Gasteiger partial charge in [-0.15, -0.1) is 0 Å². The van der Waals surface area contributed by atoms with Crippen molar-refractivity contribution < 1.29 is 32.6 Å². The van der Waals surface area contributed by atoms with Crippen LogP contribution in [0.3, 0.4) is 0 Å². The highest BCUT2D eigenvalue weighted by Gasteiger charge is 2.39. The standard InChI is InChI=1S/C11H19F3N2O4/c1-10(2,3)7(20-4)6(16-9(18)19)8(17)15-5-11(12,13)14/h6-7,16H,5H2,1-4H3,(H,15,17)(H,18,19)/t6?,7-/m0/s1. The Labute approximate surface area is 114 Å². The Morgan fingerprint density at radius 1 is 1.25 bits per heavy atom. The molecule has 0 bridgehead atoms. The molecule has 2 atom stereocenters. The van der Waals surface area contributed by atoms with E-state index in [0.29, 0.717) is 0 Å². The number of carbonyl (C=O) groups excluding carboxylic acids is 1. The molecule has 0 aromatic rings. The van der Waals surface area contributed by atoms with Gasteiger partial charge in [0.2, 0.25) is 5.91 Å². The summed E-state index contributed by atoms with van der Waals surface area (Å²) in [6.07, 6.45) is -7.02. The lowest BCUT2D eigenvalue weighted by atomic mass is 9.84. The molecule has 0 saturated heterocycles. The molecule has 6 nitrogen and oxygen atoms in total. The van der Waals surface area contributed by atoms with Gasteiger partial charge in [-0.3, -0.25) is 4.79 Å². The molecule has 0 aliphatic carbocycles. The molecule has 0 aliphatic rings. The third kappa shape index (κ3) is 6.60. The van der Waals surface area contributed by atoms with Crippen molar-refractivity contribution in [2.75, 3.05) is 13.7 Å². The third-order valence-corrected chi connectivity index (χ3v) is 2.43. The lowest BCUT2D eigenvalue weighted by Crippen LogP contribution is -2.58. The van der Waals surface area contributed by atoms with Gasteiger partial charge in [0.1, 0.15) is 12.6 Å². The van der Waals surface area contributed by atoms with E-state index >= 15 is 0 Å². The van der Waals surface area contributed by atoms with E-state index in [4.69, 9.17) is 9.84 Å². The fourth-order valence-electron chi connectivity index (χ4n) is 1.70. The third-order valence-electron chi connectivity index (χ3n) is 2.43. The van der Waals surface area contributed by atoms with Crippen LogP contribution in [0.4, 0.5) is 18.0 Å². The number of carbonyl (C=O) groups is 2. The molecule has 20 heavy (non-hydrogen) atoms. The number of rotatable bonds is 5. The number of carboxylic acid groups (broad SMARTS) is 1. The van der Waals surface area contributed by atoms with Gasteiger partial charge in [-0.1, -0.05) is 20.8 Å². The van der Waals surface area contributed by atoms with Crippen molar-refractivity contribution in [2.45, 2.75) is 39.1 Å². The molecule has 1 unspecified atom stereocenters.